The van der Waals surface area contributed by atoms with Gasteiger partial charge in [0.05, 0.1) is 12.6 Å². The van der Waals surface area contributed by atoms with E-state index >= 15 is 0 Å². The zero-order valence-corrected chi connectivity index (χ0v) is 16.0. The van der Waals surface area contributed by atoms with Gasteiger partial charge in [0.15, 0.2) is 0 Å². The number of carbonyl (C=O) groups is 1. The average Bonchev–Trinajstić information content (AvgIpc) is 3.38. The molecular weight excluding hydrogens is 340 g/mol. The third-order valence-corrected chi connectivity index (χ3v) is 5.69. The molecule has 1 aromatic carbocycles. The number of aryl methyl sites for hydroxylation is 1. The molecule has 7 heteroatoms. The maximum atomic E-state index is 12.5. The molecule has 3 heterocycles. The molecule has 0 bridgehead atoms. The van der Waals surface area contributed by atoms with E-state index < -0.39 is 0 Å². The number of piperidine rings is 1. The average molecular weight is 368 g/mol. The van der Waals surface area contributed by atoms with Gasteiger partial charge in [0.25, 0.3) is 0 Å². The molecular formula is C20H28N6O. The first-order valence-electron chi connectivity index (χ1n) is 9.91. The number of carbonyl (C=O) groups excluding carboxylic acids is 1. The van der Waals surface area contributed by atoms with Crippen LogP contribution >= 0.6 is 0 Å². The molecule has 4 rings (SSSR count). The summed E-state index contributed by atoms with van der Waals surface area (Å²) in [6.45, 7) is 6.59. The van der Waals surface area contributed by atoms with E-state index in [0.29, 0.717) is 12.6 Å². The third kappa shape index (κ3) is 4.30. The Kier molecular flexibility index (Phi) is 5.38. The molecule has 0 unspecified atom stereocenters. The fourth-order valence-electron chi connectivity index (χ4n) is 4.10. The van der Waals surface area contributed by atoms with E-state index in [-0.39, 0.29) is 5.91 Å². The molecule has 0 aliphatic carbocycles. The van der Waals surface area contributed by atoms with E-state index in [1.807, 2.05) is 10.7 Å². The second kappa shape index (κ2) is 8.08. The molecule has 0 radical (unpaired) electrons. The monoisotopic (exact) mass is 368 g/mol. The lowest BCUT2D eigenvalue weighted by Gasteiger charge is -2.31. The van der Waals surface area contributed by atoms with Gasteiger partial charge in [0, 0.05) is 37.6 Å². The Labute approximate surface area is 160 Å². The van der Waals surface area contributed by atoms with Crippen LogP contribution in [0.25, 0.3) is 0 Å². The molecule has 0 spiro atoms. The lowest BCUT2D eigenvalue weighted by Crippen LogP contribution is -2.39. The second-order valence-electron chi connectivity index (χ2n) is 7.62. The minimum atomic E-state index is 0.0613. The highest BCUT2D eigenvalue weighted by molar-refractivity contribution is 5.93. The lowest BCUT2D eigenvalue weighted by molar-refractivity contribution is -0.117. The van der Waals surface area contributed by atoms with Crippen LogP contribution in [0.1, 0.15) is 37.3 Å². The summed E-state index contributed by atoms with van der Waals surface area (Å²) in [4.78, 5) is 21.1. The summed E-state index contributed by atoms with van der Waals surface area (Å²) in [5.74, 6) is 0.0613. The van der Waals surface area contributed by atoms with Crippen LogP contribution in [-0.4, -0.2) is 58.3 Å². The Morgan fingerprint density at radius 1 is 1.19 bits per heavy atom. The minimum Gasteiger partial charge on any atom is -0.372 e. The minimum absolute atomic E-state index is 0.0613. The summed E-state index contributed by atoms with van der Waals surface area (Å²) >= 11 is 0. The van der Waals surface area contributed by atoms with Crippen molar-refractivity contribution in [3.8, 4) is 0 Å². The van der Waals surface area contributed by atoms with Crippen LogP contribution in [0.3, 0.4) is 0 Å². The lowest BCUT2D eigenvalue weighted by atomic mass is 10.1. The number of amides is 1. The van der Waals surface area contributed by atoms with Gasteiger partial charge in [-0.2, -0.15) is 5.10 Å². The highest BCUT2D eigenvalue weighted by Gasteiger charge is 2.22. The maximum Gasteiger partial charge on any atom is 0.238 e. The van der Waals surface area contributed by atoms with Crippen molar-refractivity contribution in [2.24, 2.45) is 0 Å². The number of aromatic nitrogens is 3. The summed E-state index contributed by atoms with van der Waals surface area (Å²) in [5, 5.41) is 7.32. The number of rotatable bonds is 5. The van der Waals surface area contributed by atoms with E-state index in [9.17, 15) is 4.79 Å². The highest BCUT2D eigenvalue weighted by atomic mass is 16.2. The normalized spacial score (nSPS) is 18.8. The topological polar surface area (TPSA) is 66.3 Å². The van der Waals surface area contributed by atoms with Crippen LogP contribution in [-0.2, 0) is 4.79 Å². The van der Waals surface area contributed by atoms with Gasteiger partial charge in [-0.25, -0.2) is 9.67 Å². The van der Waals surface area contributed by atoms with Gasteiger partial charge in [-0.15, -0.1) is 0 Å². The Morgan fingerprint density at radius 2 is 1.96 bits per heavy atom. The number of anilines is 2. The summed E-state index contributed by atoms with van der Waals surface area (Å²) in [6.07, 6.45) is 7.90. The summed E-state index contributed by atoms with van der Waals surface area (Å²) in [7, 11) is 0. The fourth-order valence-corrected chi connectivity index (χ4v) is 4.10. The maximum absolute atomic E-state index is 12.5. The Bertz CT molecular complexity index is 761. The van der Waals surface area contributed by atoms with Crippen LogP contribution in [0.4, 0.5) is 11.4 Å². The van der Waals surface area contributed by atoms with E-state index in [2.05, 4.69) is 44.3 Å². The Hall–Kier alpha value is -2.41. The van der Waals surface area contributed by atoms with Crippen LogP contribution in [0.15, 0.2) is 30.9 Å². The van der Waals surface area contributed by atoms with Crippen molar-refractivity contribution in [1.29, 1.82) is 0 Å². The molecule has 7 nitrogen and oxygen atoms in total. The Balaban J connectivity index is 1.28. The molecule has 1 aromatic heterocycles. The molecule has 2 saturated heterocycles. The van der Waals surface area contributed by atoms with Gasteiger partial charge in [-0.1, -0.05) is 0 Å². The number of hydrogen-bond donors (Lipinski definition) is 1. The summed E-state index contributed by atoms with van der Waals surface area (Å²) < 4.78 is 1.93. The van der Waals surface area contributed by atoms with Gasteiger partial charge in [0.1, 0.15) is 12.7 Å². The SMILES string of the molecule is Cc1cc(N2CCCC2)ccc1NC(=O)CN1CCC(n2cncn2)CC1. The predicted octanol–water partition coefficient (Wildman–Crippen LogP) is 2.46. The Morgan fingerprint density at radius 3 is 2.63 bits per heavy atom. The van der Waals surface area contributed by atoms with Crippen LogP contribution in [0, 0.1) is 6.92 Å². The van der Waals surface area contributed by atoms with Gasteiger partial charge >= 0.3 is 0 Å². The van der Waals surface area contributed by atoms with Crippen molar-refractivity contribution in [3.05, 3.63) is 36.4 Å². The molecule has 0 saturated carbocycles. The number of benzene rings is 1. The predicted molar refractivity (Wildman–Crippen MR) is 106 cm³/mol. The van der Waals surface area contributed by atoms with Gasteiger partial charge in [-0.05, 0) is 56.4 Å². The first-order chi connectivity index (χ1) is 13.2. The smallest absolute Gasteiger partial charge is 0.238 e. The summed E-state index contributed by atoms with van der Waals surface area (Å²) in [5.41, 5.74) is 3.30. The van der Waals surface area contributed by atoms with Gasteiger partial charge < -0.3 is 10.2 Å². The molecule has 144 valence electrons. The molecule has 1 N–H and O–H groups in total. The molecule has 0 atom stereocenters. The summed E-state index contributed by atoms with van der Waals surface area (Å²) in [6, 6.07) is 6.74. The second-order valence-corrected chi connectivity index (χ2v) is 7.62. The number of likely N-dealkylation sites (tertiary alicyclic amines) is 1. The molecule has 2 fully saturated rings. The van der Waals surface area contributed by atoms with Crippen molar-refractivity contribution in [1.82, 2.24) is 19.7 Å². The quantitative estimate of drug-likeness (QED) is 0.878. The standard InChI is InChI=1S/C20H28N6O/c1-16-12-18(25-8-2-3-9-25)4-5-19(16)23-20(27)13-24-10-6-17(7-11-24)26-15-21-14-22-26/h4-5,12,14-15,17H,2-3,6-11,13H2,1H3,(H,23,27). The third-order valence-electron chi connectivity index (χ3n) is 5.69. The first-order valence-corrected chi connectivity index (χ1v) is 9.91. The largest absolute Gasteiger partial charge is 0.372 e. The van der Waals surface area contributed by atoms with Crippen molar-refractivity contribution in [3.63, 3.8) is 0 Å². The van der Waals surface area contributed by atoms with Gasteiger partial charge in [0.2, 0.25) is 5.91 Å². The fraction of sp³-hybridized carbons (Fsp3) is 0.550. The van der Waals surface area contributed by atoms with E-state index in [1.54, 1.807) is 12.7 Å². The molecule has 2 aliphatic rings. The van der Waals surface area contributed by atoms with Crippen molar-refractivity contribution >= 4 is 17.3 Å². The zero-order valence-electron chi connectivity index (χ0n) is 16.0. The van der Waals surface area contributed by atoms with E-state index in [1.165, 1.54) is 18.5 Å². The van der Waals surface area contributed by atoms with E-state index in [4.69, 9.17) is 0 Å². The van der Waals surface area contributed by atoms with Crippen LogP contribution in [0.2, 0.25) is 0 Å². The molecule has 1 amide bonds. The van der Waals surface area contributed by atoms with Gasteiger partial charge in [-0.3, -0.25) is 9.69 Å². The molecule has 2 aliphatic heterocycles. The molecule has 27 heavy (non-hydrogen) atoms. The zero-order chi connectivity index (χ0) is 18.6. The van der Waals surface area contributed by atoms with Crippen molar-refractivity contribution in [2.75, 3.05) is 42.9 Å². The number of nitrogens with one attached hydrogen (secondary N) is 1. The van der Waals surface area contributed by atoms with Crippen molar-refractivity contribution in [2.45, 2.75) is 38.6 Å². The first kappa shape index (κ1) is 18.0. The number of hydrogen-bond acceptors (Lipinski definition) is 5. The van der Waals surface area contributed by atoms with Crippen LogP contribution in [0.5, 0.6) is 0 Å². The van der Waals surface area contributed by atoms with Crippen LogP contribution < -0.4 is 10.2 Å². The number of nitrogens with zero attached hydrogens (tertiary/aromatic N) is 5. The van der Waals surface area contributed by atoms with E-state index in [0.717, 1.165) is 50.3 Å². The van der Waals surface area contributed by atoms with Crippen molar-refractivity contribution < 1.29 is 4.79 Å². The molecule has 2 aromatic rings. The highest BCUT2D eigenvalue weighted by Crippen LogP contribution is 2.26.